The van der Waals surface area contributed by atoms with E-state index in [9.17, 15) is 0 Å². The predicted molar refractivity (Wildman–Crippen MR) is 56.1 cm³/mol. The van der Waals surface area contributed by atoms with Gasteiger partial charge in [0, 0.05) is 19.2 Å². The molecule has 0 aromatic carbocycles. The van der Waals surface area contributed by atoms with Crippen molar-refractivity contribution in [1.82, 2.24) is 4.90 Å². The summed E-state index contributed by atoms with van der Waals surface area (Å²) in [4.78, 5) is 5.44. The van der Waals surface area contributed by atoms with Crippen LogP contribution in [0.3, 0.4) is 0 Å². The van der Waals surface area contributed by atoms with Crippen molar-refractivity contribution in [1.29, 1.82) is 0 Å². The molecule has 0 bridgehead atoms. The molecule has 0 aromatic heterocycles. The maximum absolute atomic E-state index is 8.60. The molecule has 3 nitrogen and oxygen atoms in total. The van der Waals surface area contributed by atoms with E-state index in [1.807, 2.05) is 12.2 Å². The van der Waals surface area contributed by atoms with Crippen LogP contribution in [-0.4, -0.2) is 28.5 Å². The zero-order valence-electron chi connectivity index (χ0n) is 7.91. The van der Waals surface area contributed by atoms with Crippen LogP contribution in [0.25, 0.3) is 5.53 Å². The van der Waals surface area contributed by atoms with Gasteiger partial charge in [-0.05, 0) is 18.9 Å². The molecule has 4 heteroatoms. The molecule has 2 aliphatic rings. The Hall–Kier alpha value is -1.05. The van der Waals surface area contributed by atoms with Crippen molar-refractivity contribution < 1.29 is 4.79 Å². The van der Waals surface area contributed by atoms with E-state index in [2.05, 4.69) is 9.69 Å². The van der Waals surface area contributed by atoms with Crippen molar-refractivity contribution in [3.05, 3.63) is 28.4 Å². The fourth-order valence-electron chi connectivity index (χ4n) is 1.88. The summed E-state index contributed by atoms with van der Waals surface area (Å²) in [6, 6.07) is 0. The summed E-state index contributed by atoms with van der Waals surface area (Å²) in [5.74, 6) is 0. The van der Waals surface area contributed by atoms with Gasteiger partial charge in [0.25, 0.3) is 5.71 Å². The zero-order chi connectivity index (χ0) is 9.97. The molecule has 0 atom stereocenters. The van der Waals surface area contributed by atoms with Crippen LogP contribution < -0.4 is 0 Å². The molecule has 74 valence electrons. The maximum atomic E-state index is 8.60. The first kappa shape index (κ1) is 9.50. The van der Waals surface area contributed by atoms with Gasteiger partial charge in [-0.25, -0.2) is 0 Å². The molecule has 0 amide bonds. The number of rotatable bonds is 1. The zero-order valence-corrected chi connectivity index (χ0v) is 8.67. The summed E-state index contributed by atoms with van der Waals surface area (Å²) < 4.78 is 0. The van der Waals surface area contributed by atoms with Gasteiger partial charge in [-0.2, -0.15) is 4.79 Å². The van der Waals surface area contributed by atoms with Gasteiger partial charge in [-0.3, -0.25) is 0 Å². The first-order chi connectivity index (χ1) is 6.81. The van der Waals surface area contributed by atoms with Crippen LogP contribution in [0.15, 0.2) is 22.9 Å². The normalized spacial score (nSPS) is 21.8. The molecule has 2 rings (SSSR count). The van der Waals surface area contributed by atoms with Gasteiger partial charge in [-0.15, -0.1) is 0 Å². The Bertz CT molecular complexity index is 344. The van der Waals surface area contributed by atoms with E-state index in [1.165, 1.54) is 12.8 Å². The van der Waals surface area contributed by atoms with Gasteiger partial charge >= 0.3 is 0 Å². The second kappa shape index (κ2) is 3.99. The lowest BCUT2D eigenvalue weighted by atomic mass is 10.1. The highest BCUT2D eigenvalue weighted by Gasteiger charge is 2.21. The standard InChI is InChI=1S/C10H12ClN3/c11-9-7-8(13-12)3-4-10(9)14-5-1-2-6-14/h3-4H,1-2,5-7H2. The molecule has 1 saturated heterocycles. The fraction of sp³-hybridized carbons (Fsp3) is 0.500. The monoisotopic (exact) mass is 209 g/mol. The Morgan fingerprint density at radius 3 is 2.57 bits per heavy atom. The van der Waals surface area contributed by atoms with Crippen LogP contribution >= 0.6 is 11.6 Å². The summed E-state index contributed by atoms with van der Waals surface area (Å²) >= 11 is 6.13. The summed E-state index contributed by atoms with van der Waals surface area (Å²) in [5, 5.41) is 0.780. The van der Waals surface area contributed by atoms with E-state index in [0.717, 1.165) is 23.8 Å². The lowest BCUT2D eigenvalue weighted by Gasteiger charge is -2.21. The van der Waals surface area contributed by atoms with Crippen LogP contribution in [0.1, 0.15) is 19.3 Å². The SMILES string of the molecule is [N-]=[N+]=C1C=CC(N2CCCC2)=C(Cl)C1. The molecule has 0 radical (unpaired) electrons. The van der Waals surface area contributed by atoms with Crippen molar-refractivity contribution in [3.8, 4) is 0 Å². The van der Waals surface area contributed by atoms with Crippen LogP contribution in [0.2, 0.25) is 0 Å². The average Bonchev–Trinajstić information content (AvgIpc) is 2.70. The number of allylic oxidation sites excluding steroid dienone is 3. The second-order valence-corrected chi connectivity index (χ2v) is 4.04. The molecule has 14 heavy (non-hydrogen) atoms. The van der Waals surface area contributed by atoms with E-state index >= 15 is 0 Å². The van der Waals surface area contributed by atoms with Gasteiger partial charge in [-0.1, -0.05) is 11.6 Å². The Balaban J connectivity index is 2.20. The van der Waals surface area contributed by atoms with Crippen LogP contribution in [0, 0.1) is 0 Å². The number of halogens is 1. The lowest BCUT2D eigenvalue weighted by Crippen LogP contribution is -2.20. The van der Waals surface area contributed by atoms with Crippen molar-refractivity contribution in [2.24, 2.45) is 0 Å². The van der Waals surface area contributed by atoms with Crippen molar-refractivity contribution in [2.75, 3.05) is 13.1 Å². The lowest BCUT2D eigenvalue weighted by molar-refractivity contribution is -0.00555. The van der Waals surface area contributed by atoms with Crippen molar-refractivity contribution in [3.63, 3.8) is 0 Å². The minimum Gasteiger partial charge on any atom is -0.371 e. The second-order valence-electron chi connectivity index (χ2n) is 3.59. The molecule has 1 aliphatic carbocycles. The molecule has 0 N–H and O–H groups in total. The molecule has 0 aromatic rings. The summed E-state index contributed by atoms with van der Waals surface area (Å²) in [7, 11) is 0. The highest BCUT2D eigenvalue weighted by molar-refractivity contribution is 6.32. The smallest absolute Gasteiger partial charge is 0.297 e. The minimum absolute atomic E-state index is 0.542. The fourth-order valence-corrected chi connectivity index (χ4v) is 2.20. The summed E-state index contributed by atoms with van der Waals surface area (Å²) in [6.45, 7) is 2.17. The van der Waals surface area contributed by atoms with Gasteiger partial charge in [0.05, 0.1) is 17.2 Å². The van der Waals surface area contributed by atoms with Gasteiger partial charge < -0.3 is 10.4 Å². The van der Waals surface area contributed by atoms with Crippen LogP contribution in [0.5, 0.6) is 0 Å². The van der Waals surface area contributed by atoms with E-state index in [-0.39, 0.29) is 0 Å². The largest absolute Gasteiger partial charge is 0.371 e. The maximum Gasteiger partial charge on any atom is 0.297 e. The van der Waals surface area contributed by atoms with E-state index < -0.39 is 0 Å². The highest BCUT2D eigenvalue weighted by Crippen LogP contribution is 2.26. The molecule has 0 unspecified atom stereocenters. The third-order valence-electron chi connectivity index (χ3n) is 2.62. The Labute approximate surface area is 88.3 Å². The predicted octanol–water partition coefficient (Wildman–Crippen LogP) is 2.16. The first-order valence-corrected chi connectivity index (χ1v) is 5.21. The molecule has 0 spiro atoms. The quantitative estimate of drug-likeness (QED) is 0.482. The van der Waals surface area contributed by atoms with Crippen LogP contribution in [-0.2, 0) is 0 Å². The average molecular weight is 210 g/mol. The molecule has 1 aliphatic heterocycles. The molecule has 1 fully saturated rings. The van der Waals surface area contributed by atoms with Gasteiger partial charge in [0.15, 0.2) is 0 Å². The third-order valence-corrected chi connectivity index (χ3v) is 2.95. The Kier molecular flexibility index (Phi) is 2.71. The van der Waals surface area contributed by atoms with E-state index in [4.69, 9.17) is 17.1 Å². The number of hydrogen-bond donors (Lipinski definition) is 0. The highest BCUT2D eigenvalue weighted by atomic mass is 35.5. The molecular weight excluding hydrogens is 198 g/mol. The molecule has 0 saturated carbocycles. The Morgan fingerprint density at radius 1 is 1.29 bits per heavy atom. The number of likely N-dealkylation sites (tertiary alicyclic amines) is 1. The molecular formula is C10H12ClN3. The van der Waals surface area contributed by atoms with Gasteiger partial charge in [0.1, 0.15) is 0 Å². The third kappa shape index (κ3) is 1.74. The number of hydrogen-bond acceptors (Lipinski definition) is 1. The number of nitrogens with zero attached hydrogens (tertiary/aromatic N) is 3. The van der Waals surface area contributed by atoms with Gasteiger partial charge in [0.2, 0.25) is 0 Å². The van der Waals surface area contributed by atoms with E-state index in [0.29, 0.717) is 12.1 Å². The first-order valence-electron chi connectivity index (χ1n) is 4.84. The van der Waals surface area contributed by atoms with Crippen molar-refractivity contribution in [2.45, 2.75) is 19.3 Å². The molecule has 1 heterocycles. The topological polar surface area (TPSA) is 39.6 Å². The Morgan fingerprint density at radius 2 is 2.00 bits per heavy atom. The minimum atomic E-state index is 0.542. The van der Waals surface area contributed by atoms with E-state index in [1.54, 1.807) is 0 Å². The summed E-state index contributed by atoms with van der Waals surface area (Å²) in [6.07, 6.45) is 6.77. The van der Waals surface area contributed by atoms with Crippen molar-refractivity contribution >= 4 is 17.3 Å². The van der Waals surface area contributed by atoms with Crippen LogP contribution in [0.4, 0.5) is 0 Å². The summed E-state index contributed by atoms with van der Waals surface area (Å²) in [5.41, 5.74) is 10.3.